The van der Waals surface area contributed by atoms with E-state index in [1.165, 1.54) is 0 Å². The van der Waals surface area contributed by atoms with Crippen molar-refractivity contribution < 1.29 is 25.3 Å². The Morgan fingerprint density at radius 1 is 1.37 bits per heavy atom. The number of hydrogen-bond acceptors (Lipinski definition) is 3. The second-order valence-corrected chi connectivity index (χ2v) is 5.10. The van der Waals surface area contributed by atoms with Crippen molar-refractivity contribution in [1.29, 1.82) is 0 Å². The largest absolute Gasteiger partial charge is 0.482 e. The molecule has 0 atom stereocenters. The zero-order valence-electron chi connectivity index (χ0n) is 9.52. The Labute approximate surface area is 106 Å². The Bertz CT molecular complexity index is 653. The van der Waals surface area contributed by atoms with Gasteiger partial charge in [-0.2, -0.15) is 8.42 Å². The van der Waals surface area contributed by atoms with E-state index in [-0.39, 0.29) is 11.3 Å². The summed E-state index contributed by atoms with van der Waals surface area (Å²) in [5, 5.41) is 3.06. The smallest absolute Gasteiger partial charge is 0.449 e. The second-order valence-electron chi connectivity index (χ2n) is 3.78. The summed E-state index contributed by atoms with van der Waals surface area (Å²) < 4.78 is 71.6. The van der Waals surface area contributed by atoms with Crippen LogP contribution >= 0.6 is 0 Å². The van der Waals surface area contributed by atoms with E-state index >= 15 is 0 Å². The molecule has 0 saturated carbocycles. The molecule has 5 nitrogen and oxygen atoms in total. The Morgan fingerprint density at radius 3 is 2.37 bits per heavy atom. The van der Waals surface area contributed by atoms with Crippen LogP contribution in [0.5, 0.6) is 0 Å². The highest BCUT2D eigenvalue weighted by Gasteiger charge is 2.26. The first-order valence-corrected chi connectivity index (χ1v) is 6.27. The molecular weight excluding hydrogens is 289 g/mol. The van der Waals surface area contributed by atoms with Gasteiger partial charge in [-0.3, -0.25) is 0 Å². The van der Waals surface area contributed by atoms with Crippen LogP contribution in [0.25, 0.3) is 10.4 Å². The summed E-state index contributed by atoms with van der Waals surface area (Å²) in [4.78, 5) is 1.44. The molecular formula is C8H7BF4N3O2S-. The van der Waals surface area contributed by atoms with Gasteiger partial charge in [0.15, 0.2) is 0 Å². The summed E-state index contributed by atoms with van der Waals surface area (Å²) >= 11 is 0. The van der Waals surface area contributed by atoms with Crippen LogP contribution < -0.4 is 0 Å². The molecule has 104 valence electrons. The maximum Gasteiger partial charge on any atom is 0.482 e. The molecule has 0 radical (unpaired) electrons. The van der Waals surface area contributed by atoms with Gasteiger partial charge >= 0.3 is 17.2 Å². The molecule has 11 heteroatoms. The standard InChI is InChI=1S/C8H7BF4N3O2S/c1-5-7(15-16-14)2-6(4-9(10,11)12)3-8(5)19(13,17)18/h2-3H,4H2,1H3/q-1. The van der Waals surface area contributed by atoms with E-state index < -0.39 is 34.0 Å². The van der Waals surface area contributed by atoms with Crippen LogP contribution in [0.2, 0.25) is 0 Å². The number of azide groups is 1. The van der Waals surface area contributed by atoms with E-state index in [1.54, 1.807) is 0 Å². The van der Waals surface area contributed by atoms with Crippen molar-refractivity contribution >= 4 is 22.9 Å². The van der Waals surface area contributed by atoms with Crippen LogP contribution in [0.4, 0.5) is 22.5 Å². The van der Waals surface area contributed by atoms with E-state index in [0.29, 0.717) is 6.07 Å². The topological polar surface area (TPSA) is 82.9 Å². The lowest BCUT2D eigenvalue weighted by molar-refractivity contribution is 0.468. The molecule has 0 heterocycles. The fourth-order valence-electron chi connectivity index (χ4n) is 1.52. The lowest BCUT2D eigenvalue weighted by Crippen LogP contribution is -2.19. The first kappa shape index (κ1) is 15.3. The quantitative estimate of drug-likeness (QED) is 0.213. The third kappa shape index (κ3) is 4.14. The highest BCUT2D eigenvalue weighted by Crippen LogP contribution is 2.30. The predicted octanol–water partition coefficient (Wildman–Crippen LogP) is 3.52. The average molecular weight is 296 g/mol. The SMILES string of the molecule is Cc1c(N=[N+]=[N-])cc(C[B-](F)(F)F)cc1S(=O)(=O)F. The predicted molar refractivity (Wildman–Crippen MR) is 61.1 cm³/mol. The summed E-state index contributed by atoms with van der Waals surface area (Å²) in [7, 11) is -5.20. The minimum absolute atomic E-state index is 0.237. The van der Waals surface area contributed by atoms with Crippen LogP contribution in [0.1, 0.15) is 11.1 Å². The van der Waals surface area contributed by atoms with Gasteiger partial charge < -0.3 is 12.9 Å². The van der Waals surface area contributed by atoms with Gasteiger partial charge in [0, 0.05) is 10.6 Å². The fourth-order valence-corrected chi connectivity index (χ4v) is 2.28. The second kappa shape index (κ2) is 5.10. The Morgan fingerprint density at radius 2 is 1.95 bits per heavy atom. The molecule has 1 aromatic rings. The molecule has 0 saturated heterocycles. The summed E-state index contributed by atoms with van der Waals surface area (Å²) in [5.41, 5.74) is 7.19. The van der Waals surface area contributed by atoms with Gasteiger partial charge in [0.25, 0.3) is 0 Å². The van der Waals surface area contributed by atoms with Crippen molar-refractivity contribution in [2.24, 2.45) is 5.11 Å². The monoisotopic (exact) mass is 296 g/mol. The van der Waals surface area contributed by atoms with E-state index in [1.807, 2.05) is 0 Å². The van der Waals surface area contributed by atoms with E-state index in [9.17, 15) is 25.3 Å². The van der Waals surface area contributed by atoms with Gasteiger partial charge in [0.05, 0.1) is 0 Å². The summed E-state index contributed by atoms with van der Waals surface area (Å²) in [5.74, 6) is 0. The fraction of sp³-hybridized carbons (Fsp3) is 0.250. The highest BCUT2D eigenvalue weighted by molar-refractivity contribution is 7.86. The summed E-state index contributed by atoms with van der Waals surface area (Å²) in [6, 6.07) is 1.48. The first-order chi connectivity index (χ1) is 8.54. The van der Waals surface area contributed by atoms with Crippen LogP contribution in [-0.2, 0) is 16.5 Å². The molecule has 1 aromatic carbocycles. The first-order valence-electron chi connectivity index (χ1n) is 4.89. The molecule has 0 aromatic heterocycles. The van der Waals surface area contributed by atoms with E-state index in [4.69, 9.17) is 5.53 Å². The number of benzene rings is 1. The zero-order chi connectivity index (χ0) is 14.8. The van der Waals surface area contributed by atoms with Crippen molar-refractivity contribution in [2.75, 3.05) is 0 Å². The van der Waals surface area contributed by atoms with E-state index in [0.717, 1.165) is 13.0 Å². The van der Waals surface area contributed by atoms with Gasteiger partial charge in [-0.05, 0) is 24.1 Å². The molecule has 0 unspecified atom stereocenters. The molecule has 0 amide bonds. The zero-order valence-corrected chi connectivity index (χ0v) is 10.3. The van der Waals surface area contributed by atoms with Crippen LogP contribution in [-0.4, -0.2) is 15.4 Å². The van der Waals surface area contributed by atoms with Gasteiger partial charge in [-0.25, -0.2) is 0 Å². The average Bonchev–Trinajstić information content (AvgIpc) is 2.19. The normalized spacial score (nSPS) is 12.1. The molecule has 1 rings (SSSR count). The number of halogens is 4. The molecule has 0 aliphatic rings. The number of nitrogens with zero attached hydrogens (tertiary/aromatic N) is 3. The maximum absolute atomic E-state index is 13.0. The molecule has 0 N–H and O–H groups in total. The van der Waals surface area contributed by atoms with Crippen molar-refractivity contribution in [1.82, 2.24) is 0 Å². The minimum Gasteiger partial charge on any atom is -0.449 e. The Hall–Kier alpha value is -1.74. The number of rotatable bonds is 4. The Balaban J connectivity index is 3.53. The number of hydrogen-bond donors (Lipinski definition) is 0. The summed E-state index contributed by atoms with van der Waals surface area (Å²) in [6.07, 6.45) is -1.39. The van der Waals surface area contributed by atoms with E-state index in [2.05, 4.69) is 10.0 Å². The van der Waals surface area contributed by atoms with Crippen LogP contribution in [0.15, 0.2) is 22.1 Å². The summed E-state index contributed by atoms with van der Waals surface area (Å²) in [6.45, 7) is -4.09. The molecule has 0 fully saturated rings. The molecule has 0 aliphatic heterocycles. The molecule has 0 aliphatic carbocycles. The van der Waals surface area contributed by atoms with Gasteiger partial charge in [-0.15, -0.1) is 3.89 Å². The van der Waals surface area contributed by atoms with Crippen LogP contribution in [0.3, 0.4) is 0 Å². The van der Waals surface area contributed by atoms with Crippen molar-refractivity contribution in [3.63, 3.8) is 0 Å². The van der Waals surface area contributed by atoms with Gasteiger partial charge in [0.2, 0.25) is 0 Å². The van der Waals surface area contributed by atoms with Gasteiger partial charge in [-0.1, -0.05) is 23.1 Å². The molecule has 0 bridgehead atoms. The minimum atomic E-state index is -5.23. The Kier molecular flexibility index (Phi) is 4.11. The third-order valence-electron chi connectivity index (χ3n) is 2.27. The van der Waals surface area contributed by atoms with Crippen molar-refractivity contribution in [2.45, 2.75) is 18.1 Å². The molecule has 0 spiro atoms. The van der Waals surface area contributed by atoms with Crippen molar-refractivity contribution in [3.8, 4) is 0 Å². The van der Waals surface area contributed by atoms with Crippen molar-refractivity contribution in [3.05, 3.63) is 33.7 Å². The lowest BCUT2D eigenvalue weighted by atomic mass is 9.81. The maximum atomic E-state index is 13.0. The van der Waals surface area contributed by atoms with Crippen LogP contribution in [0, 0.1) is 6.92 Å². The van der Waals surface area contributed by atoms with Gasteiger partial charge in [0.1, 0.15) is 4.90 Å². The lowest BCUT2D eigenvalue weighted by Gasteiger charge is -2.15. The highest BCUT2D eigenvalue weighted by atomic mass is 32.3. The third-order valence-corrected chi connectivity index (χ3v) is 3.22. The molecule has 19 heavy (non-hydrogen) atoms.